The van der Waals surface area contributed by atoms with Crippen LogP contribution in [0.25, 0.3) is 27.7 Å². The molecule has 0 aliphatic heterocycles. The van der Waals surface area contributed by atoms with Crippen LogP contribution in [-0.4, -0.2) is 39.7 Å². The first-order chi connectivity index (χ1) is 20.3. The predicted molar refractivity (Wildman–Crippen MR) is 158 cm³/mol. The quantitative estimate of drug-likeness (QED) is 0.0620. The minimum absolute atomic E-state index is 0.0587. The van der Waals surface area contributed by atoms with Crippen molar-refractivity contribution in [2.75, 3.05) is 6.54 Å². The van der Waals surface area contributed by atoms with Gasteiger partial charge in [0.2, 0.25) is 6.41 Å². The summed E-state index contributed by atoms with van der Waals surface area (Å²) in [6.45, 7) is 4.12. The highest BCUT2D eigenvalue weighted by molar-refractivity contribution is 6.36. The number of aryl methyl sites for hydroxylation is 1. The van der Waals surface area contributed by atoms with E-state index in [1.807, 2.05) is 6.07 Å². The Kier molecular flexibility index (Phi) is 8.61. The van der Waals surface area contributed by atoms with Gasteiger partial charge in [-0.25, -0.2) is 9.18 Å². The van der Waals surface area contributed by atoms with Gasteiger partial charge in [0.05, 0.1) is 15.6 Å². The van der Waals surface area contributed by atoms with E-state index >= 15 is 0 Å². The van der Waals surface area contributed by atoms with E-state index in [0.717, 1.165) is 16.5 Å². The molecule has 1 aliphatic carbocycles. The molecule has 1 amide bonds. The summed E-state index contributed by atoms with van der Waals surface area (Å²) in [6.07, 6.45) is 7.92. The Morgan fingerprint density at radius 3 is 2.74 bits per heavy atom. The number of carboxylic acid groups (broad SMARTS) is 1. The predicted octanol–water partition coefficient (Wildman–Crippen LogP) is 7.03. The van der Waals surface area contributed by atoms with Gasteiger partial charge in [-0.15, -0.1) is 6.58 Å². The van der Waals surface area contributed by atoms with Crippen LogP contribution in [0.15, 0.2) is 59.8 Å². The third kappa shape index (κ3) is 5.37. The van der Waals surface area contributed by atoms with Gasteiger partial charge in [0.1, 0.15) is 11.3 Å². The highest BCUT2D eigenvalue weighted by atomic mass is 35.5. The standard InChI is InChI=1S/C31H26Cl2FN3O5/c1-2-3-5-17(12-13-35-16-38)30-26(29(36-42-30)21-10-11-22(32)28(34)27(21)33)31(41)37-15-19-9-8-18(14-24(39)40)20-6-4-7-23(37)25(19)20/h2,4,6-7,10-11,14-17H,1,3,5,8-9,12-13H2,(H,35,38)(H,39,40)/b18-14+. The van der Waals surface area contributed by atoms with Crippen molar-refractivity contribution in [3.05, 3.63) is 93.6 Å². The Morgan fingerprint density at radius 1 is 1.19 bits per heavy atom. The maximum atomic E-state index is 14.8. The first kappa shape index (κ1) is 29.3. The second kappa shape index (κ2) is 12.3. The summed E-state index contributed by atoms with van der Waals surface area (Å²) in [5.41, 5.74) is 3.20. The normalized spacial score (nSPS) is 14.2. The number of amides is 1. The Morgan fingerprint density at radius 2 is 2.00 bits per heavy atom. The molecule has 1 aliphatic rings. The third-order valence-electron chi connectivity index (χ3n) is 7.47. The lowest BCUT2D eigenvalue weighted by molar-refractivity contribution is -0.131. The van der Waals surface area contributed by atoms with Crippen molar-refractivity contribution in [2.45, 2.75) is 38.0 Å². The Hall–Kier alpha value is -4.21. The van der Waals surface area contributed by atoms with Crippen molar-refractivity contribution >= 4 is 58.0 Å². The van der Waals surface area contributed by atoms with Crippen LogP contribution < -0.4 is 5.32 Å². The minimum Gasteiger partial charge on any atom is -0.478 e. The van der Waals surface area contributed by atoms with Gasteiger partial charge in [-0.1, -0.05) is 46.6 Å². The molecule has 0 spiro atoms. The third-order valence-corrected chi connectivity index (χ3v) is 8.13. The van der Waals surface area contributed by atoms with Crippen LogP contribution in [0.3, 0.4) is 0 Å². The van der Waals surface area contributed by atoms with Gasteiger partial charge in [0.15, 0.2) is 11.6 Å². The van der Waals surface area contributed by atoms with E-state index < -0.39 is 17.7 Å². The Labute approximate surface area is 250 Å². The van der Waals surface area contributed by atoms with Crippen molar-refractivity contribution in [2.24, 2.45) is 0 Å². The molecule has 2 heterocycles. The number of benzene rings is 2. The van der Waals surface area contributed by atoms with Crippen LogP contribution in [-0.2, 0) is 16.0 Å². The molecule has 0 saturated heterocycles. The summed E-state index contributed by atoms with van der Waals surface area (Å²) in [5.74, 6) is -2.43. The molecule has 8 nitrogen and oxygen atoms in total. The number of halogens is 3. The molecule has 2 aromatic carbocycles. The van der Waals surface area contributed by atoms with Crippen LogP contribution in [0.2, 0.25) is 10.0 Å². The second-order valence-corrected chi connectivity index (χ2v) is 10.7. The van der Waals surface area contributed by atoms with E-state index in [1.54, 1.807) is 24.4 Å². The molecule has 42 heavy (non-hydrogen) atoms. The summed E-state index contributed by atoms with van der Waals surface area (Å²) in [5, 5.41) is 16.5. The molecule has 5 rings (SSSR count). The number of nitrogens with one attached hydrogen (secondary N) is 1. The van der Waals surface area contributed by atoms with E-state index in [2.05, 4.69) is 17.1 Å². The van der Waals surface area contributed by atoms with Crippen molar-refractivity contribution in [3.63, 3.8) is 0 Å². The Balaban J connectivity index is 1.72. The number of aromatic nitrogens is 2. The molecule has 0 saturated carbocycles. The zero-order valence-electron chi connectivity index (χ0n) is 22.3. The smallest absolute Gasteiger partial charge is 0.328 e. The summed E-state index contributed by atoms with van der Waals surface area (Å²) in [6, 6.07) is 8.21. The molecule has 0 radical (unpaired) electrons. The number of carbonyl (C=O) groups excluding carboxylic acids is 2. The highest BCUT2D eigenvalue weighted by Gasteiger charge is 2.33. The summed E-state index contributed by atoms with van der Waals surface area (Å²) >= 11 is 12.3. The zero-order chi connectivity index (χ0) is 30.0. The Bertz CT molecular complexity index is 1760. The topological polar surface area (TPSA) is 114 Å². The van der Waals surface area contributed by atoms with Crippen LogP contribution in [0.1, 0.15) is 58.8 Å². The number of nitrogens with zero attached hydrogens (tertiary/aromatic N) is 2. The molecular formula is C31H26Cl2FN3O5. The van der Waals surface area contributed by atoms with Crippen LogP contribution in [0.5, 0.6) is 0 Å². The summed E-state index contributed by atoms with van der Waals surface area (Å²) < 4.78 is 22.1. The van der Waals surface area contributed by atoms with Gasteiger partial charge in [-0.2, -0.15) is 0 Å². The van der Waals surface area contributed by atoms with Gasteiger partial charge >= 0.3 is 5.97 Å². The average Bonchev–Trinajstić information content (AvgIpc) is 3.58. The maximum Gasteiger partial charge on any atom is 0.328 e. The van der Waals surface area contributed by atoms with Gasteiger partial charge in [-0.3, -0.25) is 14.2 Å². The van der Waals surface area contributed by atoms with E-state index in [9.17, 15) is 23.9 Å². The minimum atomic E-state index is -1.04. The second-order valence-electron chi connectivity index (χ2n) is 9.95. The number of aliphatic carboxylic acids is 1. The van der Waals surface area contributed by atoms with Crippen molar-refractivity contribution < 1.29 is 28.4 Å². The van der Waals surface area contributed by atoms with E-state index in [4.69, 9.17) is 27.7 Å². The van der Waals surface area contributed by atoms with E-state index in [1.165, 1.54) is 22.8 Å². The summed E-state index contributed by atoms with van der Waals surface area (Å²) in [7, 11) is 0. The van der Waals surface area contributed by atoms with Crippen LogP contribution >= 0.6 is 23.2 Å². The molecule has 0 bridgehead atoms. The average molecular weight is 610 g/mol. The number of hydrogen-bond acceptors (Lipinski definition) is 5. The molecule has 2 N–H and O–H groups in total. The van der Waals surface area contributed by atoms with E-state index in [0.29, 0.717) is 56.1 Å². The van der Waals surface area contributed by atoms with Crippen molar-refractivity contribution in [3.8, 4) is 11.3 Å². The first-order valence-electron chi connectivity index (χ1n) is 13.3. The summed E-state index contributed by atoms with van der Waals surface area (Å²) in [4.78, 5) is 36.9. The fourth-order valence-electron chi connectivity index (χ4n) is 5.54. The molecule has 216 valence electrons. The van der Waals surface area contributed by atoms with Gasteiger partial charge in [-0.05, 0) is 67.0 Å². The largest absolute Gasteiger partial charge is 0.478 e. The molecule has 4 aromatic rings. The van der Waals surface area contributed by atoms with Gasteiger partial charge in [0.25, 0.3) is 5.91 Å². The highest BCUT2D eigenvalue weighted by Crippen LogP contribution is 2.41. The lowest BCUT2D eigenvalue weighted by atomic mass is 9.88. The van der Waals surface area contributed by atoms with Crippen LogP contribution in [0.4, 0.5) is 4.39 Å². The molecular weight excluding hydrogens is 584 g/mol. The number of rotatable bonds is 11. The fourth-order valence-corrected chi connectivity index (χ4v) is 6.00. The number of allylic oxidation sites excluding steroid dienone is 2. The van der Waals surface area contributed by atoms with Crippen molar-refractivity contribution in [1.82, 2.24) is 15.0 Å². The maximum absolute atomic E-state index is 14.8. The monoisotopic (exact) mass is 609 g/mol. The number of carboxylic acids is 1. The number of carbonyl (C=O) groups is 3. The first-order valence-corrected chi connectivity index (χ1v) is 14.0. The van der Waals surface area contributed by atoms with Crippen LogP contribution in [0, 0.1) is 5.82 Å². The fraction of sp³-hybridized carbons (Fsp3) is 0.226. The lowest BCUT2D eigenvalue weighted by Gasteiger charge is -2.16. The molecule has 0 fully saturated rings. The number of hydrogen-bond donors (Lipinski definition) is 2. The molecule has 11 heteroatoms. The molecule has 2 aromatic heterocycles. The van der Waals surface area contributed by atoms with Gasteiger partial charge in [0, 0.05) is 35.7 Å². The molecule has 1 unspecified atom stereocenters. The zero-order valence-corrected chi connectivity index (χ0v) is 23.8. The SMILES string of the molecule is C=CCCC(CCNC=O)c1onc(-c2ccc(Cl)c(F)c2Cl)c1C(=O)n1cc2c3c(cccc31)/C(=C/C(=O)O)CC2. The van der Waals surface area contributed by atoms with Gasteiger partial charge < -0.3 is 14.9 Å². The molecule has 1 atom stereocenters. The van der Waals surface area contributed by atoms with E-state index in [-0.39, 0.29) is 38.5 Å². The lowest BCUT2D eigenvalue weighted by Crippen LogP contribution is -2.18. The van der Waals surface area contributed by atoms with Crippen molar-refractivity contribution in [1.29, 1.82) is 0 Å².